The largest absolute Gasteiger partial charge is 0.454 e. The number of carbonyl (C=O) groups is 1. The Labute approximate surface area is 170 Å². The van der Waals surface area contributed by atoms with Gasteiger partial charge in [-0.15, -0.1) is 0 Å². The maximum atomic E-state index is 14.1. The zero-order valence-electron chi connectivity index (χ0n) is 15.7. The topological polar surface area (TPSA) is 32.8 Å². The molecular weight excluding hydrogens is 426 g/mol. The molecule has 1 aromatic carbocycles. The SMILES string of the molecule is C[C@](C(=O)OC1([C@@H]2CCCCN2PP)CN(P)C1)(c1ccccc1)C(F)(F)F. The molecule has 2 aliphatic heterocycles. The van der Waals surface area contributed by atoms with Gasteiger partial charge in [0.05, 0.1) is 6.04 Å². The van der Waals surface area contributed by atoms with Gasteiger partial charge in [-0.25, -0.2) is 0 Å². The molecule has 0 radical (unpaired) electrons. The molecule has 5 atom stereocenters. The van der Waals surface area contributed by atoms with Crippen LogP contribution in [0.15, 0.2) is 30.3 Å². The monoisotopic (exact) mass is 452 g/mol. The molecule has 2 saturated heterocycles. The number of nitrogens with zero attached hydrogens (tertiary/aromatic N) is 2. The van der Waals surface area contributed by atoms with Crippen LogP contribution >= 0.6 is 26.7 Å². The first-order valence-electron chi connectivity index (χ1n) is 9.22. The third-order valence-corrected chi connectivity index (χ3v) is 8.07. The molecule has 0 aliphatic carbocycles. The minimum atomic E-state index is -4.76. The van der Waals surface area contributed by atoms with Crippen molar-refractivity contribution in [3.05, 3.63) is 35.9 Å². The van der Waals surface area contributed by atoms with E-state index < -0.39 is 23.2 Å². The van der Waals surface area contributed by atoms with E-state index >= 15 is 0 Å². The number of esters is 1. The van der Waals surface area contributed by atoms with Crippen LogP contribution in [-0.4, -0.2) is 52.8 Å². The molecular formula is C18H26F3N2O2P3. The number of alkyl halides is 3. The Balaban J connectivity index is 1.93. The molecule has 0 amide bonds. The zero-order chi connectivity index (χ0) is 20.6. The van der Waals surface area contributed by atoms with E-state index in [1.165, 1.54) is 24.3 Å². The molecule has 4 nitrogen and oxygen atoms in total. The second-order valence-electron chi connectivity index (χ2n) is 7.68. The first kappa shape index (κ1) is 22.4. The number of halogens is 3. The Hall–Kier alpha value is -0.310. The van der Waals surface area contributed by atoms with Gasteiger partial charge in [-0.05, 0) is 33.7 Å². The maximum Gasteiger partial charge on any atom is 0.408 e. The molecule has 3 unspecified atom stereocenters. The summed E-state index contributed by atoms with van der Waals surface area (Å²) in [7, 11) is 5.70. The Morgan fingerprint density at radius 2 is 1.89 bits per heavy atom. The highest BCUT2D eigenvalue weighted by molar-refractivity contribution is 8.01. The highest BCUT2D eigenvalue weighted by Gasteiger charge is 2.62. The molecule has 1 aromatic rings. The number of ether oxygens (including phenoxy) is 1. The molecule has 2 aliphatic rings. The highest BCUT2D eigenvalue weighted by Crippen LogP contribution is 2.47. The molecule has 0 aromatic heterocycles. The summed E-state index contributed by atoms with van der Waals surface area (Å²) in [5.74, 6) is -1.22. The average Bonchev–Trinajstić information content (AvgIpc) is 2.65. The van der Waals surface area contributed by atoms with Crippen LogP contribution in [0.1, 0.15) is 31.7 Å². The van der Waals surface area contributed by atoms with Gasteiger partial charge < -0.3 is 4.74 Å². The average molecular weight is 452 g/mol. The van der Waals surface area contributed by atoms with Gasteiger partial charge in [-0.2, -0.15) is 13.2 Å². The third kappa shape index (κ3) is 3.98. The van der Waals surface area contributed by atoms with Gasteiger partial charge in [0, 0.05) is 19.6 Å². The summed E-state index contributed by atoms with van der Waals surface area (Å²) in [6.45, 7) is 2.63. The van der Waals surface area contributed by atoms with Gasteiger partial charge >= 0.3 is 12.1 Å². The summed E-state index contributed by atoms with van der Waals surface area (Å²) in [6, 6.07) is 7.25. The van der Waals surface area contributed by atoms with Crippen LogP contribution in [-0.2, 0) is 14.9 Å². The number of carbonyl (C=O) groups excluding carboxylic acids is 1. The molecule has 0 N–H and O–H groups in total. The smallest absolute Gasteiger partial charge is 0.408 e. The lowest BCUT2D eigenvalue weighted by molar-refractivity contribution is -0.226. The molecule has 10 heteroatoms. The van der Waals surface area contributed by atoms with Crippen molar-refractivity contribution >= 4 is 32.7 Å². The summed E-state index contributed by atoms with van der Waals surface area (Å²) >= 11 is 0. The van der Waals surface area contributed by atoms with Crippen LogP contribution in [0.2, 0.25) is 0 Å². The fourth-order valence-electron chi connectivity index (χ4n) is 4.07. The summed E-state index contributed by atoms with van der Waals surface area (Å²) in [6.07, 6.45) is -1.90. The molecule has 0 spiro atoms. The normalized spacial score (nSPS) is 26.0. The minimum absolute atomic E-state index is 0.0638. The summed E-state index contributed by atoms with van der Waals surface area (Å²) in [4.78, 5) is 13.1. The number of benzene rings is 1. The van der Waals surface area contributed by atoms with Crippen LogP contribution in [0.3, 0.4) is 0 Å². The van der Waals surface area contributed by atoms with Crippen LogP contribution in [0, 0.1) is 0 Å². The van der Waals surface area contributed by atoms with Crippen molar-refractivity contribution in [2.24, 2.45) is 0 Å². The van der Waals surface area contributed by atoms with Crippen molar-refractivity contribution in [1.29, 1.82) is 0 Å². The molecule has 0 saturated carbocycles. The Morgan fingerprint density at radius 3 is 2.43 bits per heavy atom. The summed E-state index contributed by atoms with van der Waals surface area (Å²) in [5, 5.41) is 0. The van der Waals surface area contributed by atoms with Gasteiger partial charge in [0.1, 0.15) is 0 Å². The highest BCUT2D eigenvalue weighted by atomic mass is 32.0. The molecule has 156 valence electrons. The summed E-state index contributed by atoms with van der Waals surface area (Å²) in [5.41, 5.74) is -3.71. The van der Waals surface area contributed by atoms with Crippen LogP contribution in [0.25, 0.3) is 0 Å². The lowest BCUT2D eigenvalue weighted by atomic mass is 9.79. The van der Waals surface area contributed by atoms with Gasteiger partial charge in [0.25, 0.3) is 0 Å². The Morgan fingerprint density at radius 1 is 1.25 bits per heavy atom. The van der Waals surface area contributed by atoms with Crippen molar-refractivity contribution in [2.75, 3.05) is 19.6 Å². The second-order valence-corrected chi connectivity index (χ2v) is 10.0. The van der Waals surface area contributed by atoms with E-state index in [9.17, 15) is 18.0 Å². The van der Waals surface area contributed by atoms with Crippen molar-refractivity contribution < 1.29 is 22.7 Å². The molecule has 0 bridgehead atoms. The number of hydrogen-bond acceptors (Lipinski definition) is 4. The van der Waals surface area contributed by atoms with Crippen molar-refractivity contribution in [3.63, 3.8) is 0 Å². The van der Waals surface area contributed by atoms with Crippen LogP contribution in [0.4, 0.5) is 13.2 Å². The summed E-state index contributed by atoms with van der Waals surface area (Å²) < 4.78 is 52.1. The molecule has 2 fully saturated rings. The third-order valence-electron chi connectivity index (χ3n) is 5.84. The van der Waals surface area contributed by atoms with Crippen molar-refractivity contribution in [1.82, 2.24) is 9.34 Å². The van der Waals surface area contributed by atoms with Gasteiger partial charge in [-0.1, -0.05) is 55.1 Å². The zero-order valence-corrected chi connectivity index (χ0v) is 19.0. The second kappa shape index (κ2) is 8.44. The number of piperidine rings is 1. The first-order valence-corrected chi connectivity index (χ1v) is 12.5. The molecule has 3 rings (SSSR count). The van der Waals surface area contributed by atoms with Crippen molar-refractivity contribution in [3.8, 4) is 0 Å². The quantitative estimate of drug-likeness (QED) is 0.497. The Kier molecular flexibility index (Phi) is 6.74. The number of hydrogen-bond donors (Lipinski definition) is 0. The van der Waals surface area contributed by atoms with E-state index in [2.05, 4.69) is 23.0 Å². The number of rotatable bonds is 5. The van der Waals surface area contributed by atoms with E-state index in [0.29, 0.717) is 21.5 Å². The van der Waals surface area contributed by atoms with Gasteiger partial charge in [-0.3, -0.25) is 14.1 Å². The van der Waals surface area contributed by atoms with E-state index in [0.717, 1.165) is 32.7 Å². The Bertz CT molecular complexity index is 701. The van der Waals surface area contributed by atoms with Crippen molar-refractivity contribution in [2.45, 2.75) is 49.4 Å². The minimum Gasteiger partial charge on any atom is -0.454 e. The molecule has 2 heterocycles. The fraction of sp³-hybridized carbons (Fsp3) is 0.611. The predicted octanol–water partition coefficient (Wildman–Crippen LogP) is 4.13. The van der Waals surface area contributed by atoms with Gasteiger partial charge in [0.2, 0.25) is 0 Å². The van der Waals surface area contributed by atoms with E-state index in [4.69, 9.17) is 4.74 Å². The van der Waals surface area contributed by atoms with Crippen LogP contribution < -0.4 is 0 Å². The van der Waals surface area contributed by atoms with Crippen LogP contribution in [0.5, 0.6) is 0 Å². The van der Waals surface area contributed by atoms with E-state index in [1.54, 1.807) is 6.07 Å². The fourth-order valence-corrected chi connectivity index (χ4v) is 6.45. The van der Waals surface area contributed by atoms with E-state index in [1.807, 2.05) is 4.67 Å². The van der Waals surface area contributed by atoms with E-state index in [-0.39, 0.29) is 11.6 Å². The predicted molar refractivity (Wildman–Crippen MR) is 112 cm³/mol. The standard InChI is InChI=1S/C18H26F3N2O2P3/c1-16(18(19,20)21,13-7-3-2-4-8-13)15(24)25-17(11-22(26)12-17)14-9-5-6-10-23(14)28-27/h2-4,7-8,14,28H,5-6,9-12,26-27H2,1H3/t14-,16+/m0/s1. The molecule has 28 heavy (non-hydrogen) atoms. The van der Waals surface area contributed by atoms with Gasteiger partial charge in [0.15, 0.2) is 11.0 Å². The lowest BCUT2D eigenvalue weighted by Gasteiger charge is -2.56. The lowest BCUT2D eigenvalue weighted by Crippen LogP contribution is -2.71. The first-order chi connectivity index (χ1) is 13.1. The maximum absolute atomic E-state index is 14.1.